The average molecular weight is 366 g/mol. The van der Waals surface area contributed by atoms with Gasteiger partial charge in [-0.2, -0.15) is 0 Å². The van der Waals surface area contributed by atoms with E-state index in [1.165, 1.54) is 9.87 Å². The fourth-order valence-corrected chi connectivity index (χ4v) is 4.23. The van der Waals surface area contributed by atoms with Gasteiger partial charge in [-0.3, -0.25) is 4.31 Å². The molecular weight excluding hydrogens is 344 g/mol. The smallest absolute Gasteiger partial charge is 0.264 e. The summed E-state index contributed by atoms with van der Waals surface area (Å²) in [5.74, 6) is 0. The summed E-state index contributed by atoms with van der Waals surface area (Å²) in [5.41, 5.74) is 2.72. The van der Waals surface area contributed by atoms with E-state index in [4.69, 9.17) is 0 Å². The zero-order valence-electron chi connectivity index (χ0n) is 14.7. The zero-order chi connectivity index (χ0) is 18.4. The SMILES string of the molecule is CCN(c1ccccc1)S(=O)(=O)c1ccc(NCc2ccccc2)cc1. The minimum atomic E-state index is -3.58. The fourth-order valence-electron chi connectivity index (χ4n) is 2.76. The molecule has 5 heteroatoms. The van der Waals surface area contributed by atoms with Crippen LogP contribution in [0.3, 0.4) is 0 Å². The molecule has 0 aliphatic heterocycles. The van der Waals surface area contributed by atoms with Crippen LogP contribution in [0.5, 0.6) is 0 Å². The van der Waals surface area contributed by atoms with Crippen molar-refractivity contribution in [3.63, 3.8) is 0 Å². The molecule has 0 saturated carbocycles. The van der Waals surface area contributed by atoms with Gasteiger partial charge in [-0.05, 0) is 48.9 Å². The van der Waals surface area contributed by atoms with Gasteiger partial charge in [-0.1, -0.05) is 48.5 Å². The number of nitrogens with one attached hydrogen (secondary N) is 1. The number of benzene rings is 3. The van der Waals surface area contributed by atoms with Crippen molar-refractivity contribution in [1.82, 2.24) is 0 Å². The van der Waals surface area contributed by atoms with Crippen LogP contribution in [0.2, 0.25) is 0 Å². The number of para-hydroxylation sites is 1. The molecule has 26 heavy (non-hydrogen) atoms. The van der Waals surface area contributed by atoms with E-state index >= 15 is 0 Å². The van der Waals surface area contributed by atoms with Crippen LogP contribution in [-0.2, 0) is 16.6 Å². The van der Waals surface area contributed by atoms with Crippen LogP contribution in [0.1, 0.15) is 12.5 Å². The van der Waals surface area contributed by atoms with Crippen molar-refractivity contribution in [2.75, 3.05) is 16.2 Å². The van der Waals surface area contributed by atoms with Gasteiger partial charge in [0, 0.05) is 18.8 Å². The van der Waals surface area contributed by atoms with Crippen molar-refractivity contribution in [2.24, 2.45) is 0 Å². The second kappa shape index (κ2) is 8.06. The molecular formula is C21H22N2O2S. The molecule has 3 rings (SSSR count). The van der Waals surface area contributed by atoms with E-state index in [0.29, 0.717) is 18.8 Å². The second-order valence-corrected chi connectivity index (χ2v) is 7.73. The minimum Gasteiger partial charge on any atom is -0.381 e. The van der Waals surface area contributed by atoms with Gasteiger partial charge < -0.3 is 5.32 Å². The third-order valence-corrected chi connectivity index (χ3v) is 6.03. The Hall–Kier alpha value is -2.79. The summed E-state index contributed by atoms with van der Waals surface area (Å²) in [6.07, 6.45) is 0. The maximum atomic E-state index is 13.0. The highest BCUT2D eigenvalue weighted by atomic mass is 32.2. The Balaban J connectivity index is 1.76. The van der Waals surface area contributed by atoms with E-state index in [9.17, 15) is 8.42 Å². The van der Waals surface area contributed by atoms with Crippen LogP contribution < -0.4 is 9.62 Å². The number of sulfonamides is 1. The molecule has 0 saturated heterocycles. The average Bonchev–Trinajstić information content (AvgIpc) is 2.69. The van der Waals surface area contributed by atoms with E-state index in [2.05, 4.69) is 5.32 Å². The number of rotatable bonds is 7. The largest absolute Gasteiger partial charge is 0.381 e. The predicted molar refractivity (Wildman–Crippen MR) is 107 cm³/mol. The van der Waals surface area contributed by atoms with Gasteiger partial charge in [0.15, 0.2) is 0 Å². The van der Waals surface area contributed by atoms with E-state index in [1.807, 2.05) is 55.5 Å². The van der Waals surface area contributed by atoms with E-state index in [1.54, 1.807) is 36.4 Å². The maximum Gasteiger partial charge on any atom is 0.264 e. The Morgan fingerprint density at radius 1 is 0.808 bits per heavy atom. The van der Waals surface area contributed by atoms with Crippen molar-refractivity contribution in [3.05, 3.63) is 90.5 Å². The van der Waals surface area contributed by atoms with Crippen LogP contribution in [-0.4, -0.2) is 15.0 Å². The van der Waals surface area contributed by atoms with Gasteiger partial charge in [0.1, 0.15) is 0 Å². The van der Waals surface area contributed by atoms with Gasteiger partial charge in [-0.25, -0.2) is 8.42 Å². The summed E-state index contributed by atoms with van der Waals surface area (Å²) in [4.78, 5) is 0.286. The number of hydrogen-bond donors (Lipinski definition) is 1. The zero-order valence-corrected chi connectivity index (χ0v) is 15.5. The molecule has 0 bridgehead atoms. The molecule has 0 spiro atoms. The highest BCUT2D eigenvalue weighted by Gasteiger charge is 2.23. The quantitative estimate of drug-likeness (QED) is 0.669. The molecule has 0 fully saturated rings. The number of nitrogens with zero attached hydrogens (tertiary/aromatic N) is 1. The first-order valence-electron chi connectivity index (χ1n) is 8.57. The summed E-state index contributed by atoms with van der Waals surface area (Å²) in [6.45, 7) is 2.90. The molecule has 0 atom stereocenters. The second-order valence-electron chi connectivity index (χ2n) is 5.87. The first-order valence-corrected chi connectivity index (χ1v) is 10.0. The van der Waals surface area contributed by atoms with Crippen molar-refractivity contribution in [1.29, 1.82) is 0 Å². The van der Waals surface area contributed by atoms with Gasteiger partial charge in [0.05, 0.1) is 10.6 Å². The number of anilines is 2. The lowest BCUT2D eigenvalue weighted by molar-refractivity contribution is 0.592. The molecule has 0 aromatic heterocycles. The minimum absolute atomic E-state index is 0.286. The third kappa shape index (κ3) is 4.06. The van der Waals surface area contributed by atoms with E-state index in [-0.39, 0.29) is 4.90 Å². The molecule has 0 amide bonds. The molecule has 0 radical (unpaired) electrons. The Morgan fingerprint density at radius 2 is 1.38 bits per heavy atom. The van der Waals surface area contributed by atoms with Gasteiger partial charge in [-0.15, -0.1) is 0 Å². The van der Waals surface area contributed by atoms with Crippen LogP contribution in [0.15, 0.2) is 89.8 Å². The fraction of sp³-hybridized carbons (Fsp3) is 0.143. The first kappa shape index (κ1) is 18.0. The van der Waals surface area contributed by atoms with Crippen LogP contribution in [0.25, 0.3) is 0 Å². The Bertz CT molecular complexity index is 925. The van der Waals surface area contributed by atoms with Crippen molar-refractivity contribution < 1.29 is 8.42 Å². The van der Waals surface area contributed by atoms with Crippen molar-refractivity contribution >= 4 is 21.4 Å². The van der Waals surface area contributed by atoms with Crippen molar-refractivity contribution in [3.8, 4) is 0 Å². The highest BCUT2D eigenvalue weighted by molar-refractivity contribution is 7.92. The normalized spacial score (nSPS) is 11.1. The lowest BCUT2D eigenvalue weighted by Gasteiger charge is -2.23. The summed E-state index contributed by atoms with van der Waals surface area (Å²) >= 11 is 0. The molecule has 3 aromatic rings. The number of hydrogen-bond acceptors (Lipinski definition) is 3. The highest BCUT2D eigenvalue weighted by Crippen LogP contribution is 2.24. The molecule has 0 aliphatic carbocycles. The molecule has 3 aromatic carbocycles. The van der Waals surface area contributed by atoms with Crippen LogP contribution >= 0.6 is 0 Å². The van der Waals surface area contributed by atoms with Crippen LogP contribution in [0.4, 0.5) is 11.4 Å². The monoisotopic (exact) mass is 366 g/mol. The summed E-state index contributed by atoms with van der Waals surface area (Å²) in [5, 5.41) is 3.31. The summed E-state index contributed by atoms with van der Waals surface area (Å²) < 4.78 is 27.3. The molecule has 0 aliphatic rings. The van der Waals surface area contributed by atoms with Crippen LogP contribution in [0, 0.1) is 0 Å². The topological polar surface area (TPSA) is 49.4 Å². The molecule has 0 unspecified atom stereocenters. The maximum absolute atomic E-state index is 13.0. The lowest BCUT2D eigenvalue weighted by atomic mass is 10.2. The summed E-state index contributed by atoms with van der Waals surface area (Å²) in [7, 11) is -3.58. The first-order chi connectivity index (χ1) is 12.6. The lowest BCUT2D eigenvalue weighted by Crippen LogP contribution is -2.30. The van der Waals surface area contributed by atoms with Gasteiger partial charge >= 0.3 is 0 Å². The Kier molecular flexibility index (Phi) is 5.58. The van der Waals surface area contributed by atoms with Crippen molar-refractivity contribution in [2.45, 2.75) is 18.4 Å². The van der Waals surface area contributed by atoms with Gasteiger partial charge in [0.2, 0.25) is 0 Å². The molecule has 1 N–H and O–H groups in total. The third-order valence-electron chi connectivity index (χ3n) is 4.11. The predicted octanol–water partition coefficient (Wildman–Crippen LogP) is 4.51. The molecule has 0 heterocycles. The summed E-state index contributed by atoms with van der Waals surface area (Å²) in [6, 6.07) is 26.1. The Labute approximate surface area is 155 Å². The van der Waals surface area contributed by atoms with E-state index < -0.39 is 10.0 Å². The van der Waals surface area contributed by atoms with E-state index in [0.717, 1.165) is 5.69 Å². The van der Waals surface area contributed by atoms with Gasteiger partial charge in [0.25, 0.3) is 10.0 Å². The standard InChI is InChI=1S/C21H22N2O2S/c1-2-23(20-11-7-4-8-12-20)26(24,25)21-15-13-19(14-16-21)22-17-18-9-5-3-6-10-18/h3-16,22H,2,17H2,1H3. The Morgan fingerprint density at radius 3 is 1.96 bits per heavy atom. The molecule has 134 valence electrons. The molecule has 4 nitrogen and oxygen atoms in total.